The van der Waals surface area contributed by atoms with E-state index in [2.05, 4.69) is 0 Å². The molecule has 126 valence electrons. The van der Waals surface area contributed by atoms with Crippen molar-refractivity contribution in [3.05, 3.63) is 0 Å². The summed E-state index contributed by atoms with van der Waals surface area (Å²) in [6.45, 7) is 5.19. The van der Waals surface area contributed by atoms with Crippen LogP contribution in [-0.4, -0.2) is 52.2 Å². The molecule has 8 heteroatoms. The highest BCUT2D eigenvalue weighted by atomic mass is 16.7. The highest BCUT2D eigenvalue weighted by Crippen LogP contribution is 2.75. The minimum atomic E-state index is -1.78. The van der Waals surface area contributed by atoms with Gasteiger partial charge in [0.15, 0.2) is 6.10 Å². The van der Waals surface area contributed by atoms with Gasteiger partial charge in [0.2, 0.25) is 0 Å². The molecule has 23 heavy (non-hydrogen) atoms. The Morgan fingerprint density at radius 2 is 1.78 bits per heavy atom. The van der Waals surface area contributed by atoms with E-state index in [1.165, 1.54) is 0 Å². The van der Waals surface area contributed by atoms with Crippen LogP contribution in [-0.2, 0) is 28.6 Å². The zero-order valence-electron chi connectivity index (χ0n) is 13.0. The maximum Gasteiger partial charge on any atom is 0.339 e. The van der Waals surface area contributed by atoms with Crippen LogP contribution in [0.3, 0.4) is 0 Å². The van der Waals surface area contributed by atoms with E-state index in [1.807, 2.05) is 0 Å². The quantitative estimate of drug-likeness (QED) is 0.558. The van der Waals surface area contributed by atoms with Gasteiger partial charge in [-0.2, -0.15) is 0 Å². The number of rotatable bonds is 0. The van der Waals surface area contributed by atoms with Crippen molar-refractivity contribution in [1.82, 2.24) is 0 Å². The minimum Gasteiger partial charge on any atom is -0.461 e. The summed E-state index contributed by atoms with van der Waals surface area (Å²) in [5.41, 5.74) is -5.91. The normalized spacial score (nSPS) is 51.0. The molecule has 6 atom stereocenters. The van der Waals surface area contributed by atoms with Crippen molar-refractivity contribution in [3.63, 3.8) is 0 Å². The van der Waals surface area contributed by atoms with Crippen molar-refractivity contribution in [2.24, 2.45) is 16.2 Å². The average Bonchev–Trinajstić information content (AvgIpc) is 3.00. The number of hydrogen-bond donors (Lipinski definition) is 2. The van der Waals surface area contributed by atoms with Crippen LogP contribution < -0.4 is 0 Å². The summed E-state index contributed by atoms with van der Waals surface area (Å²) in [6, 6.07) is 0. The van der Waals surface area contributed by atoms with E-state index in [1.54, 1.807) is 20.8 Å². The maximum absolute atomic E-state index is 12.6. The summed E-state index contributed by atoms with van der Waals surface area (Å²) in [5, 5.41) is 22.2. The monoisotopic (exact) mass is 326 g/mol. The van der Waals surface area contributed by atoms with Crippen LogP contribution in [0.5, 0.6) is 0 Å². The van der Waals surface area contributed by atoms with E-state index < -0.39 is 58.3 Å². The van der Waals surface area contributed by atoms with Gasteiger partial charge >= 0.3 is 17.9 Å². The molecule has 8 nitrogen and oxygen atoms in total. The number of carbonyl (C=O) groups excluding carboxylic acids is 3. The molecule has 2 spiro atoms. The van der Waals surface area contributed by atoms with Gasteiger partial charge in [0.05, 0.1) is 12.0 Å². The molecule has 3 aliphatic heterocycles. The van der Waals surface area contributed by atoms with Gasteiger partial charge in [-0.05, 0) is 5.41 Å². The third kappa shape index (κ3) is 1.20. The Balaban J connectivity index is 2.05. The zero-order valence-corrected chi connectivity index (χ0v) is 13.0. The molecule has 0 aromatic heterocycles. The second kappa shape index (κ2) is 3.70. The van der Waals surface area contributed by atoms with E-state index in [0.29, 0.717) is 0 Å². The van der Waals surface area contributed by atoms with Crippen molar-refractivity contribution >= 4 is 17.9 Å². The predicted molar refractivity (Wildman–Crippen MR) is 70.4 cm³/mol. The average molecular weight is 326 g/mol. The van der Waals surface area contributed by atoms with Crippen LogP contribution in [0.2, 0.25) is 0 Å². The molecule has 4 aliphatic rings. The molecule has 4 fully saturated rings. The Kier molecular flexibility index (Phi) is 2.39. The van der Waals surface area contributed by atoms with E-state index in [0.717, 1.165) is 0 Å². The van der Waals surface area contributed by atoms with Crippen molar-refractivity contribution in [2.75, 3.05) is 0 Å². The van der Waals surface area contributed by atoms with Gasteiger partial charge in [-0.3, -0.25) is 9.59 Å². The first-order chi connectivity index (χ1) is 10.5. The molecule has 2 N–H and O–H groups in total. The summed E-state index contributed by atoms with van der Waals surface area (Å²) < 4.78 is 15.5. The summed E-state index contributed by atoms with van der Waals surface area (Å²) >= 11 is 0. The molecule has 0 radical (unpaired) electrons. The molecule has 0 bridgehead atoms. The Hall–Kier alpha value is -1.67. The third-order valence-corrected chi connectivity index (χ3v) is 6.22. The molecule has 3 saturated heterocycles. The third-order valence-electron chi connectivity index (χ3n) is 6.22. The lowest BCUT2D eigenvalue weighted by Gasteiger charge is -2.49. The van der Waals surface area contributed by atoms with Gasteiger partial charge in [-0.25, -0.2) is 4.79 Å². The fraction of sp³-hybridized carbons (Fsp3) is 0.800. The predicted octanol–water partition coefficient (Wildman–Crippen LogP) is -0.744. The summed E-state index contributed by atoms with van der Waals surface area (Å²) in [7, 11) is 0. The molecule has 1 saturated carbocycles. The smallest absolute Gasteiger partial charge is 0.339 e. The Morgan fingerprint density at radius 3 is 2.39 bits per heavy atom. The number of carbonyl (C=O) groups is 3. The molecule has 4 rings (SSSR count). The molecular weight excluding hydrogens is 308 g/mol. The molecule has 1 aliphatic carbocycles. The van der Waals surface area contributed by atoms with E-state index in [-0.39, 0.29) is 12.8 Å². The Bertz CT molecular complexity index is 650. The molecule has 0 amide bonds. The van der Waals surface area contributed by atoms with Crippen molar-refractivity contribution in [1.29, 1.82) is 0 Å². The van der Waals surface area contributed by atoms with Gasteiger partial charge in [0.25, 0.3) is 6.29 Å². The summed E-state index contributed by atoms with van der Waals surface area (Å²) in [4.78, 5) is 36.5. The second-order valence-electron chi connectivity index (χ2n) is 7.89. The van der Waals surface area contributed by atoms with Crippen molar-refractivity contribution in [2.45, 2.75) is 57.7 Å². The van der Waals surface area contributed by atoms with Gasteiger partial charge in [0, 0.05) is 6.42 Å². The molecule has 3 heterocycles. The lowest BCUT2D eigenvalue weighted by molar-refractivity contribution is -0.224. The fourth-order valence-electron chi connectivity index (χ4n) is 5.15. The Labute approximate surface area is 131 Å². The van der Waals surface area contributed by atoms with Crippen LogP contribution in [0.25, 0.3) is 0 Å². The highest BCUT2D eigenvalue weighted by Gasteiger charge is 2.92. The van der Waals surface area contributed by atoms with Crippen LogP contribution in [0.1, 0.15) is 33.6 Å². The van der Waals surface area contributed by atoms with Crippen molar-refractivity contribution < 1.29 is 38.8 Å². The first-order valence-electron chi connectivity index (χ1n) is 7.54. The first-order valence-corrected chi connectivity index (χ1v) is 7.54. The number of ether oxygens (including phenoxy) is 3. The van der Waals surface area contributed by atoms with Crippen LogP contribution in [0.4, 0.5) is 0 Å². The molecular formula is C15H18O8. The second-order valence-corrected chi connectivity index (χ2v) is 7.89. The number of hydrogen-bond acceptors (Lipinski definition) is 8. The topological polar surface area (TPSA) is 119 Å². The molecule has 2 unspecified atom stereocenters. The van der Waals surface area contributed by atoms with Gasteiger partial charge in [-0.15, -0.1) is 0 Å². The number of aliphatic hydroxyl groups excluding tert-OH is 1. The number of aliphatic hydroxyl groups is 2. The molecule has 0 aromatic carbocycles. The lowest BCUT2D eigenvalue weighted by atomic mass is 9.52. The van der Waals surface area contributed by atoms with Crippen LogP contribution in [0.15, 0.2) is 0 Å². The standard InChI is InChI=1S/C15H18O8/c1-12(2,3)14(20)4-6-13(5-7(16)21-6)10(19)23-11-15(13,14)8(17)9(18)22-11/h6,8,11,17,20H,4-5H2,1-3H3/t6-,8-,11+,13?,14+,15?/m0/s1. The number of esters is 3. The van der Waals surface area contributed by atoms with Crippen LogP contribution in [0, 0.1) is 16.2 Å². The minimum absolute atomic E-state index is 0.0679. The highest BCUT2D eigenvalue weighted by molar-refractivity contribution is 5.94. The zero-order chi connectivity index (χ0) is 17.0. The SMILES string of the molecule is CC(C)(C)[C@]1(O)C[C@@H]2OC(=O)CC23C(=O)O[C@H]2OC(=O)[C@H](O)C231. The van der Waals surface area contributed by atoms with E-state index in [4.69, 9.17) is 14.2 Å². The van der Waals surface area contributed by atoms with E-state index in [9.17, 15) is 24.6 Å². The van der Waals surface area contributed by atoms with Gasteiger partial charge in [0.1, 0.15) is 16.9 Å². The lowest BCUT2D eigenvalue weighted by Crippen LogP contribution is -2.65. The van der Waals surface area contributed by atoms with Crippen LogP contribution >= 0.6 is 0 Å². The van der Waals surface area contributed by atoms with Crippen molar-refractivity contribution in [3.8, 4) is 0 Å². The Morgan fingerprint density at radius 1 is 1.13 bits per heavy atom. The maximum atomic E-state index is 12.6. The molecule has 0 aromatic rings. The van der Waals surface area contributed by atoms with Gasteiger partial charge in [-0.1, -0.05) is 20.8 Å². The largest absolute Gasteiger partial charge is 0.461 e. The fourth-order valence-corrected chi connectivity index (χ4v) is 5.15. The first kappa shape index (κ1) is 14.9. The van der Waals surface area contributed by atoms with Gasteiger partial charge < -0.3 is 24.4 Å². The summed E-state index contributed by atoms with van der Waals surface area (Å²) in [5.74, 6) is -2.36. The van der Waals surface area contributed by atoms with E-state index >= 15 is 0 Å². The summed E-state index contributed by atoms with van der Waals surface area (Å²) in [6.07, 6.45) is -4.58.